The molecule has 0 saturated carbocycles. The van der Waals surface area contributed by atoms with Crippen molar-refractivity contribution >= 4 is 17.7 Å². The fourth-order valence-electron chi connectivity index (χ4n) is 3.29. The van der Waals surface area contributed by atoms with E-state index in [0.717, 1.165) is 5.56 Å². The van der Waals surface area contributed by atoms with E-state index in [1.54, 1.807) is 28.0 Å². The van der Waals surface area contributed by atoms with E-state index in [4.69, 9.17) is 0 Å². The summed E-state index contributed by atoms with van der Waals surface area (Å²) >= 11 is 0. The standard InChI is InChI=1S/C22H25N3O3/c1-17-7-5-6-10-19(17)21(27)23-12-11-20(26)24-13-15-25(16-14-24)22(28)18-8-3-2-4-9-18/h2-10H,11-16H2,1H3,(H,23,27). The third-order valence-electron chi connectivity index (χ3n) is 4.95. The third kappa shape index (κ3) is 4.76. The molecule has 1 N–H and O–H groups in total. The average Bonchev–Trinajstić information content (AvgIpc) is 2.74. The molecule has 1 aliphatic rings. The fraction of sp³-hybridized carbons (Fsp3) is 0.318. The van der Waals surface area contributed by atoms with Gasteiger partial charge >= 0.3 is 0 Å². The molecule has 0 spiro atoms. The summed E-state index contributed by atoms with van der Waals surface area (Å²) in [7, 11) is 0. The smallest absolute Gasteiger partial charge is 0.253 e. The van der Waals surface area contributed by atoms with E-state index in [-0.39, 0.29) is 24.1 Å². The maximum atomic E-state index is 12.5. The summed E-state index contributed by atoms with van der Waals surface area (Å²) in [6, 6.07) is 16.5. The molecule has 6 nitrogen and oxygen atoms in total. The minimum atomic E-state index is -0.163. The van der Waals surface area contributed by atoms with E-state index in [1.807, 2.05) is 43.3 Å². The van der Waals surface area contributed by atoms with Crippen LogP contribution in [0.3, 0.4) is 0 Å². The first-order valence-corrected chi connectivity index (χ1v) is 9.52. The maximum Gasteiger partial charge on any atom is 0.253 e. The van der Waals surface area contributed by atoms with E-state index in [2.05, 4.69) is 5.32 Å². The summed E-state index contributed by atoms with van der Waals surface area (Å²) < 4.78 is 0. The number of nitrogens with one attached hydrogen (secondary N) is 1. The number of aryl methyl sites for hydroxylation is 1. The van der Waals surface area contributed by atoms with E-state index in [0.29, 0.717) is 43.9 Å². The van der Waals surface area contributed by atoms with Gasteiger partial charge in [0.05, 0.1) is 0 Å². The molecule has 2 aromatic rings. The minimum absolute atomic E-state index is 0.00167. The zero-order valence-corrected chi connectivity index (χ0v) is 16.1. The SMILES string of the molecule is Cc1ccccc1C(=O)NCCC(=O)N1CCN(C(=O)c2ccccc2)CC1. The molecule has 0 radical (unpaired) electrons. The molecule has 1 aliphatic heterocycles. The van der Waals surface area contributed by atoms with Crippen molar-refractivity contribution in [2.24, 2.45) is 0 Å². The molecule has 3 rings (SSSR count). The van der Waals surface area contributed by atoms with Gasteiger partial charge in [0.25, 0.3) is 11.8 Å². The number of piperazine rings is 1. The third-order valence-corrected chi connectivity index (χ3v) is 4.95. The van der Waals surface area contributed by atoms with Crippen molar-refractivity contribution in [3.63, 3.8) is 0 Å². The van der Waals surface area contributed by atoms with Crippen LogP contribution in [0.5, 0.6) is 0 Å². The van der Waals surface area contributed by atoms with Crippen LogP contribution < -0.4 is 5.32 Å². The Morgan fingerprint density at radius 2 is 1.46 bits per heavy atom. The molecule has 1 heterocycles. The van der Waals surface area contributed by atoms with E-state index < -0.39 is 0 Å². The van der Waals surface area contributed by atoms with Gasteiger partial charge in [0.2, 0.25) is 5.91 Å². The van der Waals surface area contributed by atoms with Crippen LogP contribution in [-0.2, 0) is 4.79 Å². The van der Waals surface area contributed by atoms with E-state index in [9.17, 15) is 14.4 Å². The van der Waals surface area contributed by atoms with Gasteiger partial charge in [0.1, 0.15) is 0 Å². The highest BCUT2D eigenvalue weighted by Gasteiger charge is 2.24. The van der Waals surface area contributed by atoms with Crippen molar-refractivity contribution in [2.75, 3.05) is 32.7 Å². The lowest BCUT2D eigenvalue weighted by Gasteiger charge is -2.35. The highest BCUT2D eigenvalue weighted by molar-refractivity contribution is 5.96. The van der Waals surface area contributed by atoms with Crippen molar-refractivity contribution in [2.45, 2.75) is 13.3 Å². The molecule has 1 saturated heterocycles. The molecule has 3 amide bonds. The Hall–Kier alpha value is -3.15. The van der Waals surface area contributed by atoms with Gasteiger partial charge in [-0.25, -0.2) is 0 Å². The second-order valence-electron chi connectivity index (χ2n) is 6.86. The Balaban J connectivity index is 1.42. The zero-order chi connectivity index (χ0) is 19.9. The largest absolute Gasteiger partial charge is 0.352 e. The molecule has 28 heavy (non-hydrogen) atoms. The first-order valence-electron chi connectivity index (χ1n) is 9.52. The fourth-order valence-corrected chi connectivity index (χ4v) is 3.29. The number of hydrogen-bond acceptors (Lipinski definition) is 3. The summed E-state index contributed by atoms with van der Waals surface area (Å²) in [4.78, 5) is 40.6. The molecular weight excluding hydrogens is 354 g/mol. The zero-order valence-electron chi connectivity index (χ0n) is 16.1. The van der Waals surface area contributed by atoms with Gasteiger partial charge in [-0.3, -0.25) is 14.4 Å². The monoisotopic (exact) mass is 379 g/mol. The molecule has 0 unspecified atom stereocenters. The number of carbonyl (C=O) groups is 3. The van der Waals surface area contributed by atoms with Gasteiger partial charge in [-0.15, -0.1) is 0 Å². The molecule has 0 aliphatic carbocycles. The normalized spacial score (nSPS) is 13.9. The average molecular weight is 379 g/mol. The molecule has 0 bridgehead atoms. The molecule has 2 aromatic carbocycles. The predicted octanol–water partition coefficient (Wildman–Crippen LogP) is 2.10. The summed E-state index contributed by atoms with van der Waals surface area (Å²) in [5.41, 5.74) is 2.20. The highest BCUT2D eigenvalue weighted by Crippen LogP contribution is 2.10. The number of carbonyl (C=O) groups excluding carboxylic acids is 3. The molecule has 0 atom stereocenters. The topological polar surface area (TPSA) is 69.7 Å². The van der Waals surface area contributed by atoms with Crippen LogP contribution in [0.25, 0.3) is 0 Å². The molecular formula is C22H25N3O3. The van der Waals surface area contributed by atoms with Crippen LogP contribution in [-0.4, -0.2) is 60.2 Å². The number of benzene rings is 2. The second kappa shape index (κ2) is 9.17. The molecule has 6 heteroatoms. The van der Waals surface area contributed by atoms with E-state index in [1.165, 1.54) is 0 Å². The van der Waals surface area contributed by atoms with Crippen LogP contribution in [0.4, 0.5) is 0 Å². The molecule has 0 aromatic heterocycles. The molecule has 146 valence electrons. The lowest BCUT2D eigenvalue weighted by Crippen LogP contribution is -2.51. The summed E-state index contributed by atoms with van der Waals surface area (Å²) in [6.45, 7) is 4.27. The number of amides is 3. The number of nitrogens with zero attached hydrogens (tertiary/aromatic N) is 2. The van der Waals surface area contributed by atoms with Gasteiger partial charge in [-0.2, -0.15) is 0 Å². The summed E-state index contributed by atoms with van der Waals surface area (Å²) in [5.74, 6) is -0.167. The van der Waals surface area contributed by atoms with Crippen LogP contribution in [0.1, 0.15) is 32.7 Å². The lowest BCUT2D eigenvalue weighted by molar-refractivity contribution is -0.132. The van der Waals surface area contributed by atoms with Gasteiger partial charge in [-0.1, -0.05) is 36.4 Å². The van der Waals surface area contributed by atoms with Crippen LogP contribution in [0.15, 0.2) is 54.6 Å². The lowest BCUT2D eigenvalue weighted by atomic mass is 10.1. The van der Waals surface area contributed by atoms with Crippen molar-refractivity contribution in [3.05, 3.63) is 71.3 Å². The van der Waals surface area contributed by atoms with Crippen LogP contribution >= 0.6 is 0 Å². The second-order valence-corrected chi connectivity index (χ2v) is 6.86. The Morgan fingerprint density at radius 3 is 2.14 bits per heavy atom. The van der Waals surface area contributed by atoms with Crippen molar-refractivity contribution in [1.29, 1.82) is 0 Å². The van der Waals surface area contributed by atoms with Gasteiger partial charge in [0.15, 0.2) is 0 Å². The first-order chi connectivity index (χ1) is 13.6. The van der Waals surface area contributed by atoms with Crippen molar-refractivity contribution in [1.82, 2.24) is 15.1 Å². The first kappa shape index (κ1) is 19.6. The summed E-state index contributed by atoms with van der Waals surface area (Å²) in [5, 5.41) is 2.81. The summed E-state index contributed by atoms with van der Waals surface area (Å²) in [6.07, 6.45) is 0.254. The Kier molecular flexibility index (Phi) is 6.42. The van der Waals surface area contributed by atoms with E-state index >= 15 is 0 Å². The van der Waals surface area contributed by atoms with Gasteiger partial charge < -0.3 is 15.1 Å². The Morgan fingerprint density at radius 1 is 0.857 bits per heavy atom. The number of rotatable bonds is 5. The van der Waals surface area contributed by atoms with Gasteiger partial charge in [-0.05, 0) is 30.7 Å². The highest BCUT2D eigenvalue weighted by atomic mass is 16.2. The van der Waals surface area contributed by atoms with Crippen LogP contribution in [0, 0.1) is 6.92 Å². The predicted molar refractivity (Wildman–Crippen MR) is 107 cm³/mol. The van der Waals surface area contributed by atoms with Crippen molar-refractivity contribution < 1.29 is 14.4 Å². The van der Waals surface area contributed by atoms with Crippen LogP contribution in [0.2, 0.25) is 0 Å². The Bertz CT molecular complexity index is 843. The quantitative estimate of drug-likeness (QED) is 0.865. The minimum Gasteiger partial charge on any atom is -0.352 e. The molecule has 1 fully saturated rings. The van der Waals surface area contributed by atoms with Crippen molar-refractivity contribution in [3.8, 4) is 0 Å². The van der Waals surface area contributed by atoms with Gasteiger partial charge in [0, 0.05) is 50.3 Å². The Labute approximate surface area is 165 Å². The maximum absolute atomic E-state index is 12.5. The number of hydrogen-bond donors (Lipinski definition) is 1.